The van der Waals surface area contributed by atoms with Crippen LogP contribution in [0.15, 0.2) is 15.7 Å². The lowest BCUT2D eigenvalue weighted by Gasteiger charge is -2.26. The average molecular weight is 255 g/mol. The summed E-state index contributed by atoms with van der Waals surface area (Å²) in [7, 11) is 3.11. The van der Waals surface area contributed by atoms with E-state index in [1.54, 1.807) is 7.05 Å². The first-order chi connectivity index (χ1) is 8.38. The fourth-order valence-corrected chi connectivity index (χ4v) is 1.79. The van der Waals surface area contributed by atoms with Crippen molar-refractivity contribution in [3.63, 3.8) is 0 Å². The summed E-state index contributed by atoms with van der Waals surface area (Å²) in [6, 6.07) is 1.70. The molecule has 0 bridgehead atoms. The summed E-state index contributed by atoms with van der Waals surface area (Å²) in [6.07, 6.45) is 0. The SMILES string of the molecule is CC(C)N(CCO)Cc1cc(=O)n(C)c(=O)n1C. The summed E-state index contributed by atoms with van der Waals surface area (Å²) in [5.41, 5.74) is 0.0243. The number of hydrogen-bond donors (Lipinski definition) is 1. The van der Waals surface area contributed by atoms with Crippen LogP contribution in [0.4, 0.5) is 0 Å². The van der Waals surface area contributed by atoms with Gasteiger partial charge in [0, 0.05) is 45.0 Å². The lowest BCUT2D eigenvalue weighted by atomic mass is 10.2. The van der Waals surface area contributed by atoms with Crippen molar-refractivity contribution < 1.29 is 5.11 Å². The quantitative estimate of drug-likeness (QED) is 0.754. The van der Waals surface area contributed by atoms with E-state index in [0.717, 1.165) is 4.57 Å². The summed E-state index contributed by atoms with van der Waals surface area (Å²) in [5.74, 6) is 0. The lowest BCUT2D eigenvalue weighted by molar-refractivity contribution is 0.156. The standard InChI is InChI=1S/C12H21N3O3/c1-9(2)15(5-6-16)8-10-7-11(17)14(4)12(18)13(10)3/h7,9,16H,5-6,8H2,1-4H3. The maximum absolute atomic E-state index is 11.8. The molecular formula is C12H21N3O3. The van der Waals surface area contributed by atoms with Crippen LogP contribution >= 0.6 is 0 Å². The topological polar surface area (TPSA) is 67.5 Å². The summed E-state index contributed by atoms with van der Waals surface area (Å²) < 4.78 is 2.55. The largest absolute Gasteiger partial charge is 0.395 e. The molecule has 0 saturated heterocycles. The van der Waals surface area contributed by atoms with Crippen LogP contribution in [0.2, 0.25) is 0 Å². The molecule has 0 aliphatic heterocycles. The van der Waals surface area contributed by atoms with Gasteiger partial charge in [-0.2, -0.15) is 0 Å². The molecule has 0 aliphatic carbocycles. The highest BCUT2D eigenvalue weighted by atomic mass is 16.3. The molecule has 1 aromatic heterocycles. The van der Waals surface area contributed by atoms with Crippen LogP contribution in [0.3, 0.4) is 0 Å². The number of nitrogens with zero attached hydrogens (tertiary/aromatic N) is 3. The van der Waals surface area contributed by atoms with Crippen molar-refractivity contribution in [1.29, 1.82) is 0 Å². The molecule has 1 heterocycles. The number of aliphatic hydroxyl groups excluding tert-OH is 1. The maximum atomic E-state index is 11.8. The summed E-state index contributed by atoms with van der Waals surface area (Å²) in [5, 5.41) is 9.01. The summed E-state index contributed by atoms with van der Waals surface area (Å²) >= 11 is 0. The van der Waals surface area contributed by atoms with Gasteiger partial charge in [0.2, 0.25) is 0 Å². The van der Waals surface area contributed by atoms with Crippen LogP contribution < -0.4 is 11.2 Å². The Kier molecular flexibility index (Phi) is 4.86. The molecule has 0 amide bonds. The lowest BCUT2D eigenvalue weighted by Crippen LogP contribution is -2.41. The van der Waals surface area contributed by atoms with Crippen LogP contribution in [0.1, 0.15) is 19.5 Å². The molecule has 0 radical (unpaired) electrons. The van der Waals surface area contributed by atoms with E-state index < -0.39 is 0 Å². The van der Waals surface area contributed by atoms with Gasteiger partial charge in [-0.3, -0.25) is 18.8 Å². The normalized spacial score (nSPS) is 11.5. The van der Waals surface area contributed by atoms with Crippen molar-refractivity contribution in [2.75, 3.05) is 13.2 Å². The van der Waals surface area contributed by atoms with E-state index in [1.165, 1.54) is 17.7 Å². The zero-order chi connectivity index (χ0) is 13.9. The minimum Gasteiger partial charge on any atom is -0.395 e. The van der Waals surface area contributed by atoms with E-state index in [0.29, 0.717) is 18.8 Å². The Bertz CT molecular complexity index is 516. The first-order valence-electron chi connectivity index (χ1n) is 5.99. The van der Waals surface area contributed by atoms with Crippen molar-refractivity contribution >= 4 is 0 Å². The molecule has 0 saturated carbocycles. The molecule has 1 rings (SSSR count). The van der Waals surface area contributed by atoms with Gasteiger partial charge in [-0.25, -0.2) is 4.79 Å². The number of aromatic nitrogens is 2. The summed E-state index contributed by atoms with van der Waals surface area (Å²) in [6.45, 7) is 5.06. The molecule has 0 fully saturated rings. The molecule has 1 aromatic rings. The Hall–Kier alpha value is -1.40. The second-order valence-corrected chi connectivity index (χ2v) is 4.66. The number of rotatable bonds is 5. The molecule has 0 aromatic carbocycles. The van der Waals surface area contributed by atoms with Crippen molar-refractivity contribution in [3.8, 4) is 0 Å². The number of aliphatic hydroxyl groups is 1. The first kappa shape index (κ1) is 14.7. The van der Waals surface area contributed by atoms with Crippen LogP contribution in [0.25, 0.3) is 0 Å². The maximum Gasteiger partial charge on any atom is 0.330 e. The fraction of sp³-hybridized carbons (Fsp3) is 0.667. The zero-order valence-corrected chi connectivity index (χ0v) is 11.4. The monoisotopic (exact) mass is 255 g/mol. The van der Waals surface area contributed by atoms with E-state index in [9.17, 15) is 9.59 Å². The fourth-order valence-electron chi connectivity index (χ4n) is 1.79. The van der Waals surface area contributed by atoms with Crippen LogP contribution in [-0.2, 0) is 20.6 Å². The van der Waals surface area contributed by atoms with Gasteiger partial charge in [0.15, 0.2) is 0 Å². The second-order valence-electron chi connectivity index (χ2n) is 4.66. The van der Waals surface area contributed by atoms with Gasteiger partial charge in [-0.1, -0.05) is 0 Å². The smallest absolute Gasteiger partial charge is 0.330 e. The van der Waals surface area contributed by atoms with Gasteiger partial charge < -0.3 is 5.11 Å². The Morgan fingerprint density at radius 3 is 2.39 bits per heavy atom. The molecular weight excluding hydrogens is 234 g/mol. The van der Waals surface area contributed by atoms with Crippen LogP contribution in [-0.4, -0.2) is 38.3 Å². The van der Waals surface area contributed by atoms with E-state index >= 15 is 0 Å². The van der Waals surface area contributed by atoms with E-state index in [4.69, 9.17) is 5.11 Å². The Balaban J connectivity index is 3.11. The third kappa shape index (κ3) is 3.08. The highest BCUT2D eigenvalue weighted by molar-refractivity contribution is 5.02. The zero-order valence-electron chi connectivity index (χ0n) is 11.4. The molecule has 0 aliphatic rings. The highest BCUT2D eigenvalue weighted by Gasteiger charge is 2.13. The predicted molar refractivity (Wildman–Crippen MR) is 69.6 cm³/mol. The number of hydrogen-bond acceptors (Lipinski definition) is 4. The minimum absolute atomic E-state index is 0.0525. The van der Waals surface area contributed by atoms with Crippen LogP contribution in [0, 0.1) is 0 Å². The van der Waals surface area contributed by atoms with Crippen molar-refractivity contribution in [2.24, 2.45) is 14.1 Å². The molecule has 0 unspecified atom stereocenters. The second kappa shape index (κ2) is 5.97. The third-order valence-corrected chi connectivity index (χ3v) is 3.11. The Labute approximate surface area is 106 Å². The van der Waals surface area contributed by atoms with Gasteiger partial charge in [-0.05, 0) is 13.8 Å². The molecule has 18 heavy (non-hydrogen) atoms. The van der Waals surface area contributed by atoms with Gasteiger partial charge >= 0.3 is 5.69 Å². The van der Waals surface area contributed by atoms with Crippen molar-refractivity contribution in [2.45, 2.75) is 26.4 Å². The molecule has 102 valence electrons. The van der Waals surface area contributed by atoms with E-state index in [-0.39, 0.29) is 23.9 Å². The Morgan fingerprint density at radius 2 is 1.89 bits per heavy atom. The predicted octanol–water partition coefficient (Wildman–Crippen LogP) is -0.713. The van der Waals surface area contributed by atoms with Crippen molar-refractivity contribution in [1.82, 2.24) is 14.0 Å². The first-order valence-corrected chi connectivity index (χ1v) is 5.99. The van der Waals surface area contributed by atoms with Gasteiger partial charge in [-0.15, -0.1) is 0 Å². The van der Waals surface area contributed by atoms with Gasteiger partial charge in [0.1, 0.15) is 0 Å². The summed E-state index contributed by atoms with van der Waals surface area (Å²) in [4.78, 5) is 25.4. The minimum atomic E-state index is -0.329. The molecule has 6 nitrogen and oxygen atoms in total. The Morgan fingerprint density at radius 1 is 1.28 bits per heavy atom. The van der Waals surface area contributed by atoms with Gasteiger partial charge in [0.05, 0.1) is 6.61 Å². The molecule has 6 heteroatoms. The van der Waals surface area contributed by atoms with Crippen LogP contribution in [0.5, 0.6) is 0 Å². The van der Waals surface area contributed by atoms with E-state index in [1.807, 2.05) is 18.7 Å². The third-order valence-electron chi connectivity index (χ3n) is 3.11. The average Bonchev–Trinajstić information content (AvgIpc) is 2.32. The highest BCUT2D eigenvalue weighted by Crippen LogP contribution is 2.04. The molecule has 0 atom stereocenters. The molecule has 1 N–H and O–H groups in total. The van der Waals surface area contributed by atoms with Crippen molar-refractivity contribution in [3.05, 3.63) is 32.6 Å². The van der Waals surface area contributed by atoms with Gasteiger partial charge in [0.25, 0.3) is 5.56 Å². The van der Waals surface area contributed by atoms with E-state index in [2.05, 4.69) is 0 Å². The molecule has 0 spiro atoms.